The number of Topliss-reactive ketones (excluding diaryl/α,β-unsaturated/α-hetero) is 1. The summed E-state index contributed by atoms with van der Waals surface area (Å²) in [7, 11) is 0. The van der Waals surface area contributed by atoms with Gasteiger partial charge in [-0.3, -0.25) is 14.4 Å². The van der Waals surface area contributed by atoms with Crippen LogP contribution >= 0.6 is 11.3 Å². The zero-order valence-corrected chi connectivity index (χ0v) is 22.8. The van der Waals surface area contributed by atoms with Crippen molar-refractivity contribution in [1.82, 2.24) is 5.32 Å². The molecule has 1 aromatic carbocycles. The average molecular weight is 514 g/mol. The molecule has 9 heteroatoms. The number of amides is 3. The molecule has 3 amide bonds. The second kappa shape index (κ2) is 10.4. The smallest absolute Gasteiger partial charge is 0.408 e. The number of ketones is 1. The lowest BCUT2D eigenvalue weighted by Crippen LogP contribution is -2.54. The molecular formula is C27H35N3O5S. The number of fused-ring (bicyclic) bond motifs is 1. The van der Waals surface area contributed by atoms with Gasteiger partial charge in [0.05, 0.1) is 29.3 Å². The standard InChI is InChI=1S/C27H35N3O5S/c1-17-10-11-19-20(13-17)30(16-21(31)22-9-8-12-36-22)24(33)18(28-25(34)35-27(5,6)7)15-29(19)23(32)14-26(2,3)4/h8-13,18H,14-16H2,1-7H3,(H,28,34). The summed E-state index contributed by atoms with van der Waals surface area (Å²) in [6.45, 7) is 12.7. The molecule has 36 heavy (non-hydrogen) atoms. The molecule has 3 rings (SSSR count). The Kier molecular flexibility index (Phi) is 7.93. The molecule has 8 nitrogen and oxygen atoms in total. The lowest BCUT2D eigenvalue weighted by molar-refractivity contribution is -0.121. The number of nitrogens with one attached hydrogen (secondary N) is 1. The Balaban J connectivity index is 2.07. The van der Waals surface area contributed by atoms with Crippen molar-refractivity contribution in [3.63, 3.8) is 0 Å². The van der Waals surface area contributed by atoms with Crippen LogP contribution in [0.25, 0.3) is 0 Å². The van der Waals surface area contributed by atoms with Crippen LogP contribution < -0.4 is 15.1 Å². The molecule has 1 atom stereocenters. The first-order valence-corrected chi connectivity index (χ1v) is 12.8. The van der Waals surface area contributed by atoms with E-state index in [-0.39, 0.29) is 36.6 Å². The summed E-state index contributed by atoms with van der Waals surface area (Å²) < 4.78 is 5.39. The van der Waals surface area contributed by atoms with Crippen molar-refractivity contribution in [2.24, 2.45) is 5.41 Å². The monoisotopic (exact) mass is 513 g/mol. The molecule has 1 aliphatic rings. The van der Waals surface area contributed by atoms with Crippen molar-refractivity contribution in [2.45, 2.75) is 66.5 Å². The molecule has 194 valence electrons. The van der Waals surface area contributed by atoms with Gasteiger partial charge in [-0.1, -0.05) is 32.9 Å². The van der Waals surface area contributed by atoms with Gasteiger partial charge in [-0.05, 0) is 62.3 Å². The third kappa shape index (κ3) is 6.94. The Hall–Kier alpha value is -3.20. The second-order valence-corrected chi connectivity index (χ2v) is 12.2. The van der Waals surface area contributed by atoms with E-state index in [9.17, 15) is 19.2 Å². The van der Waals surface area contributed by atoms with Crippen LogP contribution in [-0.4, -0.2) is 48.4 Å². The van der Waals surface area contributed by atoms with E-state index in [1.807, 2.05) is 33.8 Å². The normalized spacial score (nSPS) is 16.3. The maximum absolute atomic E-state index is 13.8. The van der Waals surface area contributed by atoms with Gasteiger partial charge in [0.15, 0.2) is 5.78 Å². The van der Waals surface area contributed by atoms with Gasteiger partial charge in [0, 0.05) is 6.42 Å². The number of benzene rings is 1. The molecule has 1 N–H and O–H groups in total. The first kappa shape index (κ1) is 27.4. The summed E-state index contributed by atoms with van der Waals surface area (Å²) in [5.41, 5.74) is 0.795. The van der Waals surface area contributed by atoms with Crippen molar-refractivity contribution in [1.29, 1.82) is 0 Å². The molecule has 2 heterocycles. The van der Waals surface area contributed by atoms with E-state index in [1.165, 1.54) is 21.1 Å². The van der Waals surface area contributed by atoms with E-state index in [1.54, 1.807) is 50.4 Å². The van der Waals surface area contributed by atoms with Gasteiger partial charge in [-0.15, -0.1) is 11.3 Å². The fourth-order valence-electron chi connectivity index (χ4n) is 3.91. The lowest BCUT2D eigenvalue weighted by Gasteiger charge is -2.28. The number of hydrogen-bond donors (Lipinski definition) is 1. The number of aryl methyl sites for hydroxylation is 1. The van der Waals surface area contributed by atoms with Crippen molar-refractivity contribution >= 4 is 46.4 Å². The fourth-order valence-corrected chi connectivity index (χ4v) is 4.56. The maximum atomic E-state index is 13.8. The van der Waals surface area contributed by atoms with Gasteiger partial charge in [-0.2, -0.15) is 0 Å². The van der Waals surface area contributed by atoms with E-state index in [0.717, 1.165) is 5.56 Å². The van der Waals surface area contributed by atoms with Crippen LogP contribution in [0.4, 0.5) is 16.2 Å². The van der Waals surface area contributed by atoms with E-state index >= 15 is 0 Å². The molecule has 0 fully saturated rings. The molecule has 0 radical (unpaired) electrons. The SMILES string of the molecule is Cc1ccc2c(c1)N(CC(=O)c1cccs1)C(=O)C(NC(=O)OC(C)(C)C)CN2C(=O)CC(C)(C)C. The van der Waals surface area contributed by atoms with E-state index in [2.05, 4.69) is 5.32 Å². The second-order valence-electron chi connectivity index (χ2n) is 11.3. The number of alkyl carbamates (subject to hydrolysis) is 1. The molecule has 0 saturated heterocycles. The zero-order valence-electron chi connectivity index (χ0n) is 22.0. The minimum absolute atomic E-state index is 0.0766. The number of ether oxygens (including phenoxy) is 1. The van der Waals surface area contributed by atoms with E-state index < -0.39 is 23.6 Å². The first-order chi connectivity index (χ1) is 16.6. The van der Waals surface area contributed by atoms with Crippen LogP contribution in [0, 0.1) is 12.3 Å². The number of nitrogens with zero attached hydrogens (tertiary/aromatic N) is 2. The molecule has 1 aliphatic heterocycles. The predicted octanol–water partition coefficient (Wildman–Crippen LogP) is 4.95. The van der Waals surface area contributed by atoms with Gasteiger partial charge in [0.25, 0.3) is 5.91 Å². The number of thiophene rings is 1. The number of carbonyl (C=O) groups excluding carboxylic acids is 4. The minimum Gasteiger partial charge on any atom is -0.444 e. The maximum Gasteiger partial charge on any atom is 0.408 e. The summed E-state index contributed by atoms with van der Waals surface area (Å²) in [5, 5.41) is 4.45. The quantitative estimate of drug-likeness (QED) is 0.571. The molecule has 0 spiro atoms. The zero-order chi connectivity index (χ0) is 26.8. The number of anilines is 2. The third-order valence-corrected chi connectivity index (χ3v) is 6.32. The highest BCUT2D eigenvalue weighted by atomic mass is 32.1. The van der Waals surface area contributed by atoms with E-state index in [4.69, 9.17) is 4.74 Å². The summed E-state index contributed by atoms with van der Waals surface area (Å²) in [5.74, 6) is -0.886. The summed E-state index contributed by atoms with van der Waals surface area (Å²) >= 11 is 1.30. The Morgan fingerprint density at radius 1 is 1.08 bits per heavy atom. The van der Waals surface area contributed by atoms with Crippen LogP contribution in [0.1, 0.15) is 63.2 Å². The number of rotatable bonds is 5. The third-order valence-electron chi connectivity index (χ3n) is 5.41. The van der Waals surface area contributed by atoms with Crippen LogP contribution in [0.15, 0.2) is 35.7 Å². The summed E-state index contributed by atoms with van der Waals surface area (Å²) in [4.78, 5) is 56.5. The largest absolute Gasteiger partial charge is 0.444 e. The van der Waals surface area contributed by atoms with Gasteiger partial charge >= 0.3 is 6.09 Å². The van der Waals surface area contributed by atoms with Crippen molar-refractivity contribution in [2.75, 3.05) is 22.9 Å². The van der Waals surface area contributed by atoms with Gasteiger partial charge in [0.2, 0.25) is 5.91 Å². The van der Waals surface area contributed by atoms with Crippen molar-refractivity contribution < 1.29 is 23.9 Å². The van der Waals surface area contributed by atoms with Gasteiger partial charge in [-0.25, -0.2) is 4.79 Å². The lowest BCUT2D eigenvalue weighted by atomic mass is 9.91. The first-order valence-electron chi connectivity index (χ1n) is 11.9. The van der Waals surface area contributed by atoms with Crippen LogP contribution in [0.5, 0.6) is 0 Å². The minimum atomic E-state index is -1.10. The molecular weight excluding hydrogens is 478 g/mol. The van der Waals surface area contributed by atoms with Crippen molar-refractivity contribution in [3.8, 4) is 0 Å². The topological polar surface area (TPSA) is 96.0 Å². The Morgan fingerprint density at radius 2 is 1.78 bits per heavy atom. The molecule has 1 aromatic heterocycles. The van der Waals surface area contributed by atoms with Gasteiger partial charge < -0.3 is 19.9 Å². The highest BCUT2D eigenvalue weighted by molar-refractivity contribution is 7.12. The highest BCUT2D eigenvalue weighted by Crippen LogP contribution is 2.36. The fraction of sp³-hybridized carbons (Fsp3) is 0.481. The summed E-state index contributed by atoms with van der Waals surface area (Å²) in [6, 6.07) is 7.83. The number of hydrogen-bond acceptors (Lipinski definition) is 6. The highest BCUT2D eigenvalue weighted by Gasteiger charge is 2.39. The molecule has 0 bridgehead atoms. The predicted molar refractivity (Wildman–Crippen MR) is 142 cm³/mol. The molecule has 0 aliphatic carbocycles. The van der Waals surface area contributed by atoms with Crippen LogP contribution in [0.3, 0.4) is 0 Å². The molecule has 2 aromatic rings. The Labute approximate surface area is 216 Å². The van der Waals surface area contributed by atoms with Crippen molar-refractivity contribution in [3.05, 3.63) is 46.2 Å². The van der Waals surface area contributed by atoms with Gasteiger partial charge in [0.1, 0.15) is 11.6 Å². The van der Waals surface area contributed by atoms with Crippen LogP contribution in [0.2, 0.25) is 0 Å². The Bertz CT molecular complexity index is 1150. The molecule has 0 saturated carbocycles. The van der Waals surface area contributed by atoms with E-state index in [0.29, 0.717) is 16.3 Å². The summed E-state index contributed by atoms with van der Waals surface area (Å²) in [6.07, 6.45) is -0.530. The molecule has 1 unspecified atom stereocenters. The number of carbonyl (C=O) groups is 4. The Morgan fingerprint density at radius 3 is 2.36 bits per heavy atom. The van der Waals surface area contributed by atoms with Crippen LogP contribution in [-0.2, 0) is 14.3 Å². The average Bonchev–Trinajstić information content (AvgIpc) is 3.24.